The number of ether oxygens (including phenoxy) is 1. The Kier molecular flexibility index (Phi) is 10.0. The van der Waals surface area contributed by atoms with Gasteiger partial charge in [-0.25, -0.2) is 0 Å². The number of hydrogen-bond acceptors (Lipinski definition) is 5. The van der Waals surface area contributed by atoms with E-state index in [2.05, 4.69) is 18.3 Å². The first-order valence-corrected chi connectivity index (χ1v) is 10.8. The molecule has 1 aliphatic heterocycles. The fraction of sp³-hybridized carbons (Fsp3) is 0.773. The van der Waals surface area contributed by atoms with Crippen molar-refractivity contribution >= 4 is 5.91 Å². The number of carbonyl (C=O) groups excluding carboxylic acids is 1. The van der Waals surface area contributed by atoms with E-state index in [9.17, 15) is 15.0 Å². The van der Waals surface area contributed by atoms with Gasteiger partial charge in [-0.1, -0.05) is 38.3 Å². The lowest BCUT2D eigenvalue weighted by atomic mass is 9.90. The third-order valence-electron chi connectivity index (χ3n) is 5.70. The van der Waals surface area contributed by atoms with Crippen molar-refractivity contribution < 1.29 is 24.9 Å². The highest BCUT2D eigenvalue weighted by Gasteiger charge is 2.46. The number of allylic oxidation sites excluding steroid dienone is 2. The van der Waals surface area contributed by atoms with Gasteiger partial charge in [-0.05, 0) is 25.3 Å². The summed E-state index contributed by atoms with van der Waals surface area (Å²) in [7, 11) is 0. The molecule has 0 unspecified atom stereocenters. The van der Waals surface area contributed by atoms with Crippen LogP contribution in [-0.4, -0.2) is 52.7 Å². The van der Waals surface area contributed by atoms with Crippen molar-refractivity contribution in [1.29, 1.82) is 0 Å². The molecule has 5 atom stereocenters. The van der Waals surface area contributed by atoms with E-state index < -0.39 is 12.2 Å². The van der Waals surface area contributed by atoms with Crippen LogP contribution in [0.25, 0.3) is 0 Å². The highest BCUT2D eigenvalue weighted by atomic mass is 16.5. The molecule has 4 N–H and O–H groups in total. The zero-order valence-corrected chi connectivity index (χ0v) is 17.1. The normalized spacial score (nSPS) is 29.2. The van der Waals surface area contributed by atoms with Crippen LogP contribution in [0, 0.1) is 11.8 Å². The second-order valence-corrected chi connectivity index (χ2v) is 7.99. The molecule has 0 aromatic heterocycles. The Hall–Kier alpha value is -1.37. The maximum absolute atomic E-state index is 11.5. The predicted octanol–water partition coefficient (Wildman–Crippen LogP) is 2.43. The van der Waals surface area contributed by atoms with Crippen LogP contribution >= 0.6 is 0 Å². The minimum absolute atomic E-state index is 0.0287. The number of rotatable bonds is 12. The summed E-state index contributed by atoms with van der Waals surface area (Å²) in [5.41, 5.74) is 0. The minimum atomic E-state index is -0.438. The van der Waals surface area contributed by atoms with Gasteiger partial charge in [0.2, 0.25) is 5.91 Å². The molecule has 1 aliphatic carbocycles. The fourth-order valence-electron chi connectivity index (χ4n) is 4.15. The molecule has 6 nitrogen and oxygen atoms in total. The Labute approximate surface area is 168 Å². The molecule has 1 saturated heterocycles. The minimum Gasteiger partial charge on any atom is -0.495 e. The van der Waals surface area contributed by atoms with Gasteiger partial charge < -0.3 is 25.4 Å². The molecule has 1 saturated carbocycles. The maximum Gasteiger partial charge on any atom is 0.220 e. The smallest absolute Gasteiger partial charge is 0.220 e. The summed E-state index contributed by atoms with van der Waals surface area (Å²) in [5.74, 6) is 1.20. The van der Waals surface area contributed by atoms with Gasteiger partial charge in [0.1, 0.15) is 6.10 Å². The lowest BCUT2D eigenvalue weighted by Gasteiger charge is -2.16. The van der Waals surface area contributed by atoms with Crippen LogP contribution in [0.2, 0.25) is 0 Å². The lowest BCUT2D eigenvalue weighted by molar-refractivity contribution is -0.121. The van der Waals surface area contributed by atoms with Crippen LogP contribution in [0.15, 0.2) is 24.0 Å². The van der Waals surface area contributed by atoms with E-state index in [4.69, 9.17) is 9.84 Å². The van der Waals surface area contributed by atoms with E-state index in [0.717, 1.165) is 50.7 Å². The summed E-state index contributed by atoms with van der Waals surface area (Å²) in [4.78, 5) is 11.5. The molecule has 2 aliphatic rings. The highest BCUT2D eigenvalue weighted by molar-refractivity contribution is 5.75. The van der Waals surface area contributed by atoms with E-state index in [1.807, 2.05) is 12.2 Å². The van der Waals surface area contributed by atoms with Gasteiger partial charge in [0.05, 0.1) is 24.6 Å². The molecule has 1 amide bonds. The lowest BCUT2D eigenvalue weighted by Crippen LogP contribution is -2.25. The average Bonchev–Trinajstić information content (AvgIpc) is 3.18. The van der Waals surface area contributed by atoms with E-state index in [0.29, 0.717) is 19.4 Å². The third-order valence-corrected chi connectivity index (χ3v) is 5.70. The SMILES string of the molecule is CCCCC[C@H](O)/C=C/[C@@H]1[C@H]2C/C(=C/CCCC(=O)NCCO)O[C@H]2C[C@H]1O. The molecule has 2 fully saturated rings. The largest absolute Gasteiger partial charge is 0.495 e. The molecule has 6 heteroatoms. The molecular formula is C22H37NO5. The van der Waals surface area contributed by atoms with E-state index in [1.165, 1.54) is 0 Å². The van der Waals surface area contributed by atoms with Gasteiger partial charge in [0.25, 0.3) is 0 Å². The Morgan fingerprint density at radius 2 is 2.18 bits per heavy atom. The molecule has 0 radical (unpaired) electrons. The first-order chi connectivity index (χ1) is 13.5. The third kappa shape index (κ3) is 7.22. The standard InChI is InChI=1S/C22H37NO5/c1-2-3-4-7-16(25)10-11-18-19-14-17(28-21(19)15-20(18)26)8-5-6-9-22(27)23-12-13-24/h8,10-11,16,18-21,24-26H,2-7,9,12-15H2,1H3,(H,23,27)/b11-10+,17-8-/t16-,18+,19+,20+,21-/m0/s1. The monoisotopic (exact) mass is 395 g/mol. The second kappa shape index (κ2) is 12.2. The van der Waals surface area contributed by atoms with Crippen LogP contribution in [0.3, 0.4) is 0 Å². The molecular weight excluding hydrogens is 358 g/mol. The highest BCUT2D eigenvalue weighted by Crippen LogP contribution is 2.45. The van der Waals surface area contributed by atoms with Crippen LogP contribution < -0.4 is 5.32 Å². The van der Waals surface area contributed by atoms with Crippen molar-refractivity contribution in [2.45, 2.75) is 83.0 Å². The van der Waals surface area contributed by atoms with Crippen LogP contribution in [0.4, 0.5) is 0 Å². The fourth-order valence-corrected chi connectivity index (χ4v) is 4.15. The van der Waals surface area contributed by atoms with E-state index in [1.54, 1.807) is 0 Å². The van der Waals surface area contributed by atoms with Crippen LogP contribution in [-0.2, 0) is 9.53 Å². The zero-order chi connectivity index (χ0) is 20.4. The van der Waals surface area contributed by atoms with Crippen LogP contribution in [0.1, 0.15) is 64.7 Å². The number of hydrogen-bond donors (Lipinski definition) is 4. The molecule has 160 valence electrons. The molecule has 0 aromatic rings. The Bertz CT molecular complexity index is 533. The Morgan fingerprint density at radius 3 is 2.93 bits per heavy atom. The number of aliphatic hydroxyl groups excluding tert-OH is 3. The number of aliphatic hydroxyl groups is 3. The van der Waals surface area contributed by atoms with Gasteiger partial charge in [-0.2, -0.15) is 0 Å². The first-order valence-electron chi connectivity index (χ1n) is 10.8. The first kappa shape index (κ1) is 22.9. The number of fused-ring (bicyclic) bond motifs is 1. The van der Waals surface area contributed by atoms with E-state index >= 15 is 0 Å². The predicted molar refractivity (Wildman–Crippen MR) is 108 cm³/mol. The topological polar surface area (TPSA) is 99.0 Å². The van der Waals surface area contributed by atoms with Gasteiger partial charge in [0.15, 0.2) is 0 Å². The summed E-state index contributed by atoms with van der Waals surface area (Å²) in [6, 6.07) is 0. The average molecular weight is 396 g/mol. The van der Waals surface area contributed by atoms with Crippen molar-refractivity contribution in [3.8, 4) is 0 Å². The van der Waals surface area contributed by atoms with Gasteiger partial charge >= 0.3 is 0 Å². The van der Waals surface area contributed by atoms with Crippen molar-refractivity contribution in [2.24, 2.45) is 11.8 Å². The molecule has 1 heterocycles. The summed E-state index contributed by atoms with van der Waals surface area (Å²) >= 11 is 0. The summed E-state index contributed by atoms with van der Waals surface area (Å²) in [5, 5.41) is 31.8. The molecule has 0 spiro atoms. The molecule has 2 rings (SSSR count). The number of carbonyl (C=O) groups is 1. The van der Waals surface area contributed by atoms with Crippen LogP contribution in [0.5, 0.6) is 0 Å². The number of unbranched alkanes of at least 4 members (excludes halogenated alkanes) is 3. The van der Waals surface area contributed by atoms with E-state index in [-0.39, 0.29) is 30.5 Å². The molecule has 0 aromatic carbocycles. The maximum atomic E-state index is 11.5. The Balaban J connectivity index is 1.76. The Morgan fingerprint density at radius 1 is 1.36 bits per heavy atom. The zero-order valence-electron chi connectivity index (χ0n) is 17.1. The van der Waals surface area contributed by atoms with Gasteiger partial charge in [-0.15, -0.1) is 0 Å². The van der Waals surface area contributed by atoms with Crippen molar-refractivity contribution in [2.75, 3.05) is 13.2 Å². The summed E-state index contributed by atoms with van der Waals surface area (Å²) in [6.07, 6.45) is 12.6. The van der Waals surface area contributed by atoms with Crippen molar-refractivity contribution in [3.63, 3.8) is 0 Å². The van der Waals surface area contributed by atoms with Crippen molar-refractivity contribution in [1.82, 2.24) is 5.32 Å². The van der Waals surface area contributed by atoms with Gasteiger partial charge in [-0.3, -0.25) is 4.79 Å². The number of amides is 1. The number of nitrogens with one attached hydrogen (secondary N) is 1. The van der Waals surface area contributed by atoms with Crippen molar-refractivity contribution in [3.05, 3.63) is 24.0 Å². The quantitative estimate of drug-likeness (QED) is 0.300. The second-order valence-electron chi connectivity index (χ2n) is 7.99. The summed E-state index contributed by atoms with van der Waals surface area (Å²) in [6.45, 7) is 2.41. The van der Waals surface area contributed by atoms with Gasteiger partial charge in [0, 0.05) is 37.6 Å². The molecule has 0 bridgehead atoms. The molecule has 28 heavy (non-hydrogen) atoms. The summed E-state index contributed by atoms with van der Waals surface area (Å²) < 4.78 is 6.02.